The van der Waals surface area contributed by atoms with E-state index in [-0.39, 0.29) is 18.3 Å². The number of hydrogen-bond acceptors (Lipinski definition) is 2. The molecule has 1 aromatic carbocycles. The number of amides is 1. The Kier molecular flexibility index (Phi) is 7.82. The van der Waals surface area contributed by atoms with Crippen LogP contribution < -0.4 is 5.32 Å². The van der Waals surface area contributed by atoms with Crippen LogP contribution in [-0.4, -0.2) is 37.0 Å². The number of carbonyl (C=O) groups is 1. The van der Waals surface area contributed by atoms with Crippen LogP contribution in [0.5, 0.6) is 0 Å². The van der Waals surface area contributed by atoms with E-state index >= 15 is 0 Å². The summed E-state index contributed by atoms with van der Waals surface area (Å²) in [4.78, 5) is 14.3. The average molecular weight is 352 g/mol. The highest BCUT2D eigenvalue weighted by atomic mass is 35.5. The van der Waals surface area contributed by atoms with Crippen molar-refractivity contribution in [2.75, 3.05) is 20.1 Å². The van der Waals surface area contributed by atoms with Gasteiger partial charge in [-0.05, 0) is 44.0 Å². The molecule has 0 aromatic heterocycles. The Hall–Kier alpha value is -0.480. The summed E-state index contributed by atoms with van der Waals surface area (Å²) in [6, 6.07) is 5.77. The third kappa shape index (κ3) is 5.03. The molecule has 118 valence electrons. The number of hydrogen-bond donors (Lipinski definition) is 1. The molecule has 1 aliphatic rings. The van der Waals surface area contributed by atoms with Gasteiger partial charge in [0.1, 0.15) is 0 Å². The molecule has 1 unspecified atom stereocenters. The van der Waals surface area contributed by atoms with Crippen LogP contribution in [0, 0.1) is 0 Å². The first-order valence-electron chi connectivity index (χ1n) is 7.00. The highest BCUT2D eigenvalue weighted by Gasteiger charge is 2.27. The smallest absolute Gasteiger partial charge is 0.223 e. The summed E-state index contributed by atoms with van der Waals surface area (Å²) in [7, 11) is 1.93. The summed E-state index contributed by atoms with van der Waals surface area (Å²) in [5.41, 5.74) is 0.980. The molecule has 1 aliphatic heterocycles. The molecule has 2 rings (SSSR count). The van der Waals surface area contributed by atoms with Crippen molar-refractivity contribution in [3.8, 4) is 0 Å². The summed E-state index contributed by atoms with van der Waals surface area (Å²) in [5, 5.41) is 4.42. The summed E-state index contributed by atoms with van der Waals surface area (Å²) in [6.45, 7) is 1.74. The molecule has 21 heavy (non-hydrogen) atoms. The third-order valence-corrected chi connectivity index (χ3v) is 4.35. The minimum Gasteiger partial charge on any atom is -0.338 e. The van der Waals surface area contributed by atoms with Crippen molar-refractivity contribution in [1.82, 2.24) is 10.2 Å². The summed E-state index contributed by atoms with van der Waals surface area (Å²) < 4.78 is 0. The van der Waals surface area contributed by atoms with Gasteiger partial charge in [0.05, 0.1) is 0 Å². The van der Waals surface area contributed by atoms with E-state index in [0.29, 0.717) is 28.9 Å². The van der Waals surface area contributed by atoms with Crippen LogP contribution in [0.1, 0.15) is 24.8 Å². The molecule has 3 nitrogen and oxygen atoms in total. The van der Waals surface area contributed by atoms with Crippen molar-refractivity contribution >= 4 is 41.5 Å². The van der Waals surface area contributed by atoms with E-state index in [1.807, 2.05) is 24.1 Å². The third-order valence-electron chi connectivity index (χ3n) is 3.76. The van der Waals surface area contributed by atoms with Crippen molar-refractivity contribution in [1.29, 1.82) is 0 Å². The molecule has 1 amide bonds. The number of rotatable bonds is 5. The van der Waals surface area contributed by atoms with E-state index in [4.69, 9.17) is 23.2 Å². The molecule has 1 fully saturated rings. The maximum atomic E-state index is 12.3. The van der Waals surface area contributed by atoms with Gasteiger partial charge in [-0.15, -0.1) is 12.4 Å². The second-order valence-corrected chi connectivity index (χ2v) is 6.02. The molecule has 6 heteroatoms. The Balaban J connectivity index is 0.00000220. The normalized spacial score (nSPS) is 17.7. The lowest BCUT2D eigenvalue weighted by Gasteiger charge is -2.24. The standard InChI is InChI=1S/C15H20Cl2N2O.ClH/c1-18-10-13-3-2-8-19(13)15(20)7-5-11-4-6-12(16)9-14(11)17;/h4,6,9,13,18H,2-3,5,7-8,10H2,1H3;1H. The summed E-state index contributed by atoms with van der Waals surface area (Å²) >= 11 is 12.0. The first kappa shape index (κ1) is 18.6. The number of halogens is 3. The van der Waals surface area contributed by atoms with Crippen molar-refractivity contribution < 1.29 is 4.79 Å². The first-order valence-corrected chi connectivity index (χ1v) is 7.75. The molecular weight excluding hydrogens is 331 g/mol. The van der Waals surface area contributed by atoms with Gasteiger partial charge in [0.15, 0.2) is 0 Å². The minimum atomic E-state index is 0. The predicted octanol–water partition coefficient (Wildman–Crippen LogP) is 3.56. The van der Waals surface area contributed by atoms with E-state index < -0.39 is 0 Å². The molecule has 0 aliphatic carbocycles. The van der Waals surface area contributed by atoms with Gasteiger partial charge in [-0.1, -0.05) is 29.3 Å². The zero-order valence-electron chi connectivity index (χ0n) is 12.1. The zero-order chi connectivity index (χ0) is 14.5. The molecular formula is C15H21Cl3N2O. The van der Waals surface area contributed by atoms with Crippen LogP contribution in [0.25, 0.3) is 0 Å². The van der Waals surface area contributed by atoms with Crippen LogP contribution in [0.15, 0.2) is 18.2 Å². The Bertz CT molecular complexity index is 482. The average Bonchev–Trinajstić information content (AvgIpc) is 2.86. The van der Waals surface area contributed by atoms with Gasteiger partial charge in [-0.3, -0.25) is 4.79 Å². The quantitative estimate of drug-likeness (QED) is 0.879. The number of nitrogens with zero attached hydrogens (tertiary/aromatic N) is 1. The molecule has 1 heterocycles. The fraction of sp³-hybridized carbons (Fsp3) is 0.533. The molecule has 0 bridgehead atoms. The van der Waals surface area contributed by atoms with E-state index in [2.05, 4.69) is 5.32 Å². The van der Waals surface area contributed by atoms with Crippen LogP contribution >= 0.6 is 35.6 Å². The Morgan fingerprint density at radius 3 is 2.86 bits per heavy atom. The number of likely N-dealkylation sites (tertiary alicyclic amines) is 1. The topological polar surface area (TPSA) is 32.3 Å². The van der Waals surface area contributed by atoms with Gasteiger partial charge in [-0.25, -0.2) is 0 Å². The van der Waals surface area contributed by atoms with Gasteiger partial charge in [0, 0.05) is 35.6 Å². The van der Waals surface area contributed by atoms with Crippen LogP contribution in [0.4, 0.5) is 0 Å². The molecule has 1 aromatic rings. The van der Waals surface area contributed by atoms with Gasteiger partial charge < -0.3 is 10.2 Å². The molecule has 0 radical (unpaired) electrons. The zero-order valence-corrected chi connectivity index (χ0v) is 14.4. The lowest BCUT2D eigenvalue weighted by Crippen LogP contribution is -2.40. The number of nitrogens with one attached hydrogen (secondary N) is 1. The fourth-order valence-electron chi connectivity index (χ4n) is 2.72. The van der Waals surface area contributed by atoms with Gasteiger partial charge in [0.25, 0.3) is 0 Å². The van der Waals surface area contributed by atoms with Crippen molar-refractivity contribution in [2.24, 2.45) is 0 Å². The number of benzene rings is 1. The van der Waals surface area contributed by atoms with E-state index in [9.17, 15) is 4.79 Å². The fourth-order valence-corrected chi connectivity index (χ4v) is 3.22. The SMILES string of the molecule is CNCC1CCCN1C(=O)CCc1ccc(Cl)cc1Cl.Cl. The maximum Gasteiger partial charge on any atom is 0.223 e. The van der Waals surface area contributed by atoms with Gasteiger partial charge in [0.2, 0.25) is 5.91 Å². The lowest BCUT2D eigenvalue weighted by atomic mass is 10.1. The first-order chi connectivity index (χ1) is 9.61. The number of likely N-dealkylation sites (N-methyl/N-ethyl adjacent to an activating group) is 1. The lowest BCUT2D eigenvalue weighted by molar-refractivity contribution is -0.131. The van der Waals surface area contributed by atoms with E-state index in [0.717, 1.165) is 31.5 Å². The number of carbonyl (C=O) groups excluding carboxylic acids is 1. The molecule has 1 N–H and O–H groups in total. The molecule has 1 saturated heterocycles. The minimum absolute atomic E-state index is 0. The van der Waals surface area contributed by atoms with Crippen LogP contribution in [0.2, 0.25) is 10.0 Å². The van der Waals surface area contributed by atoms with Crippen molar-refractivity contribution in [3.63, 3.8) is 0 Å². The van der Waals surface area contributed by atoms with E-state index in [1.54, 1.807) is 6.07 Å². The summed E-state index contributed by atoms with van der Waals surface area (Å²) in [5.74, 6) is 0.216. The van der Waals surface area contributed by atoms with Gasteiger partial charge in [-0.2, -0.15) is 0 Å². The van der Waals surface area contributed by atoms with Crippen molar-refractivity contribution in [2.45, 2.75) is 31.7 Å². The largest absolute Gasteiger partial charge is 0.338 e. The Labute approximate surface area is 142 Å². The molecule has 0 saturated carbocycles. The Morgan fingerprint density at radius 2 is 2.19 bits per heavy atom. The van der Waals surface area contributed by atoms with E-state index in [1.165, 1.54) is 0 Å². The van der Waals surface area contributed by atoms with Crippen LogP contribution in [0.3, 0.4) is 0 Å². The maximum absolute atomic E-state index is 12.3. The summed E-state index contributed by atoms with van der Waals surface area (Å²) in [6.07, 6.45) is 3.35. The second-order valence-electron chi connectivity index (χ2n) is 5.18. The number of aryl methyl sites for hydroxylation is 1. The Morgan fingerprint density at radius 1 is 1.43 bits per heavy atom. The highest BCUT2D eigenvalue weighted by Crippen LogP contribution is 2.23. The second kappa shape index (κ2) is 8.84. The molecule has 1 atom stereocenters. The van der Waals surface area contributed by atoms with Crippen LogP contribution in [-0.2, 0) is 11.2 Å². The monoisotopic (exact) mass is 350 g/mol. The predicted molar refractivity (Wildman–Crippen MR) is 90.7 cm³/mol. The van der Waals surface area contributed by atoms with Crippen molar-refractivity contribution in [3.05, 3.63) is 33.8 Å². The molecule has 0 spiro atoms. The van der Waals surface area contributed by atoms with Gasteiger partial charge >= 0.3 is 0 Å². The highest BCUT2D eigenvalue weighted by molar-refractivity contribution is 6.35.